The van der Waals surface area contributed by atoms with Crippen molar-refractivity contribution < 1.29 is 0 Å². The Morgan fingerprint density at radius 3 is 2.56 bits per heavy atom. The summed E-state index contributed by atoms with van der Waals surface area (Å²) < 4.78 is 0. The molecule has 0 unspecified atom stereocenters. The fourth-order valence-corrected chi connectivity index (χ4v) is 1.53. The minimum atomic E-state index is 1.05. The molecule has 4 nitrogen and oxygen atoms in total. The Bertz CT molecular complexity index is 312. The number of hydrogen-bond donors (Lipinski definition) is 1. The monoisotopic (exact) mass is 222 g/mol. The Morgan fingerprint density at radius 2 is 1.94 bits per heavy atom. The van der Waals surface area contributed by atoms with Gasteiger partial charge in [-0.2, -0.15) is 0 Å². The van der Waals surface area contributed by atoms with Crippen LogP contribution in [0.3, 0.4) is 0 Å². The molecule has 0 amide bonds. The molecule has 1 N–H and O–H groups in total. The highest BCUT2D eigenvalue weighted by atomic mass is 15.1. The summed E-state index contributed by atoms with van der Waals surface area (Å²) in [5.74, 6) is 0. The molecule has 16 heavy (non-hydrogen) atoms. The predicted octanol–water partition coefficient (Wildman–Crippen LogP) is 1.51. The Kier molecular flexibility index (Phi) is 5.05. The lowest BCUT2D eigenvalue weighted by molar-refractivity contribution is 0.401. The molecule has 0 fully saturated rings. The summed E-state index contributed by atoms with van der Waals surface area (Å²) in [4.78, 5) is 8.64. The average molecular weight is 222 g/mol. The fraction of sp³-hybridized carbons (Fsp3) is 0.583. The van der Waals surface area contributed by atoms with Gasteiger partial charge in [0.1, 0.15) is 0 Å². The van der Waals surface area contributed by atoms with Crippen molar-refractivity contribution in [3.05, 3.63) is 18.5 Å². The van der Waals surface area contributed by atoms with Crippen LogP contribution in [0.2, 0.25) is 0 Å². The van der Waals surface area contributed by atoms with Crippen LogP contribution in [0.1, 0.15) is 6.42 Å². The maximum absolute atomic E-state index is 4.21. The highest BCUT2D eigenvalue weighted by Crippen LogP contribution is 2.15. The van der Waals surface area contributed by atoms with Crippen molar-refractivity contribution in [2.75, 3.05) is 51.5 Å². The molecule has 1 aromatic heterocycles. The molecule has 0 aromatic carbocycles. The molecule has 1 aromatic rings. The second-order valence-electron chi connectivity index (χ2n) is 4.26. The summed E-state index contributed by atoms with van der Waals surface area (Å²) in [7, 11) is 8.21. The summed E-state index contributed by atoms with van der Waals surface area (Å²) in [6.07, 6.45) is 4.89. The maximum atomic E-state index is 4.21. The molecule has 1 heterocycles. The lowest BCUT2D eigenvalue weighted by Crippen LogP contribution is -2.23. The second kappa shape index (κ2) is 6.33. The number of nitrogens with zero attached hydrogens (tertiary/aromatic N) is 3. The van der Waals surface area contributed by atoms with Crippen LogP contribution in [0.25, 0.3) is 0 Å². The molecule has 0 spiro atoms. The highest BCUT2D eigenvalue weighted by molar-refractivity contribution is 5.54. The summed E-state index contributed by atoms with van der Waals surface area (Å²) in [6.45, 7) is 2.16. The summed E-state index contributed by atoms with van der Waals surface area (Å²) >= 11 is 0. The Hall–Kier alpha value is -1.29. The van der Waals surface area contributed by atoms with E-state index < -0.39 is 0 Å². The minimum Gasteiger partial charge on any atom is -0.387 e. The lowest BCUT2D eigenvalue weighted by Gasteiger charge is -2.20. The van der Waals surface area contributed by atoms with E-state index in [4.69, 9.17) is 0 Å². The Balaban J connectivity index is 2.48. The highest BCUT2D eigenvalue weighted by Gasteiger charge is 2.02. The smallest absolute Gasteiger partial charge is 0.0570 e. The van der Waals surface area contributed by atoms with E-state index in [0.717, 1.165) is 30.9 Å². The van der Waals surface area contributed by atoms with E-state index in [1.807, 2.05) is 19.4 Å². The molecule has 0 atom stereocenters. The van der Waals surface area contributed by atoms with E-state index >= 15 is 0 Å². The zero-order valence-electron chi connectivity index (χ0n) is 10.7. The Labute approximate surface area is 98.3 Å². The molecule has 0 aliphatic rings. The third kappa shape index (κ3) is 4.06. The first-order valence-corrected chi connectivity index (χ1v) is 5.62. The first-order valence-electron chi connectivity index (χ1n) is 5.62. The van der Waals surface area contributed by atoms with Gasteiger partial charge < -0.3 is 15.1 Å². The molecule has 0 saturated heterocycles. The summed E-state index contributed by atoms with van der Waals surface area (Å²) in [5, 5.41) is 3.10. The molecular weight excluding hydrogens is 200 g/mol. The van der Waals surface area contributed by atoms with Gasteiger partial charge >= 0.3 is 0 Å². The van der Waals surface area contributed by atoms with Crippen molar-refractivity contribution in [2.45, 2.75) is 6.42 Å². The average Bonchev–Trinajstić information content (AvgIpc) is 2.28. The van der Waals surface area contributed by atoms with Crippen LogP contribution in [0.5, 0.6) is 0 Å². The normalized spacial score (nSPS) is 10.6. The van der Waals surface area contributed by atoms with Crippen molar-refractivity contribution in [1.82, 2.24) is 9.88 Å². The van der Waals surface area contributed by atoms with Gasteiger partial charge in [0.25, 0.3) is 0 Å². The quantitative estimate of drug-likeness (QED) is 0.790. The topological polar surface area (TPSA) is 31.4 Å². The molecule has 0 bridgehead atoms. The first-order chi connectivity index (χ1) is 7.63. The fourth-order valence-electron chi connectivity index (χ4n) is 1.53. The van der Waals surface area contributed by atoms with Gasteiger partial charge in [0.05, 0.1) is 23.8 Å². The second-order valence-corrected chi connectivity index (χ2v) is 4.26. The molecule has 1 rings (SSSR count). The van der Waals surface area contributed by atoms with Crippen molar-refractivity contribution in [1.29, 1.82) is 0 Å². The van der Waals surface area contributed by atoms with E-state index in [1.165, 1.54) is 0 Å². The van der Waals surface area contributed by atoms with Crippen LogP contribution in [0.4, 0.5) is 11.4 Å². The molecule has 0 aliphatic heterocycles. The molecule has 4 heteroatoms. The number of pyridine rings is 1. The minimum absolute atomic E-state index is 1.05. The van der Waals surface area contributed by atoms with Crippen LogP contribution in [-0.2, 0) is 0 Å². The molecule has 0 saturated carbocycles. The third-order valence-corrected chi connectivity index (χ3v) is 2.55. The maximum Gasteiger partial charge on any atom is 0.0570 e. The summed E-state index contributed by atoms with van der Waals surface area (Å²) in [6, 6.07) is 2.11. The van der Waals surface area contributed by atoms with Gasteiger partial charge in [-0.1, -0.05) is 0 Å². The zero-order chi connectivity index (χ0) is 12.0. The SMILES string of the molecule is CNc1cncc(N(C)CCCN(C)C)c1. The van der Waals surface area contributed by atoms with E-state index in [0.29, 0.717) is 0 Å². The van der Waals surface area contributed by atoms with Crippen LogP contribution in [0.15, 0.2) is 18.5 Å². The van der Waals surface area contributed by atoms with Crippen LogP contribution in [0, 0.1) is 0 Å². The van der Waals surface area contributed by atoms with Crippen molar-refractivity contribution in [3.63, 3.8) is 0 Å². The Morgan fingerprint density at radius 1 is 1.19 bits per heavy atom. The molecule has 90 valence electrons. The number of aromatic nitrogens is 1. The molecular formula is C12H22N4. The zero-order valence-corrected chi connectivity index (χ0v) is 10.7. The van der Waals surface area contributed by atoms with Crippen molar-refractivity contribution in [2.24, 2.45) is 0 Å². The van der Waals surface area contributed by atoms with E-state index in [1.54, 1.807) is 0 Å². The van der Waals surface area contributed by atoms with Gasteiger partial charge in [0, 0.05) is 20.6 Å². The molecule has 0 radical (unpaired) electrons. The number of hydrogen-bond acceptors (Lipinski definition) is 4. The van der Waals surface area contributed by atoms with Gasteiger partial charge in [0.15, 0.2) is 0 Å². The van der Waals surface area contributed by atoms with E-state index in [-0.39, 0.29) is 0 Å². The van der Waals surface area contributed by atoms with Crippen LogP contribution in [-0.4, -0.2) is 51.2 Å². The molecule has 0 aliphatic carbocycles. The van der Waals surface area contributed by atoms with Crippen molar-refractivity contribution >= 4 is 11.4 Å². The van der Waals surface area contributed by atoms with Gasteiger partial charge in [-0.15, -0.1) is 0 Å². The first kappa shape index (κ1) is 12.8. The van der Waals surface area contributed by atoms with Crippen LogP contribution >= 0.6 is 0 Å². The van der Waals surface area contributed by atoms with Crippen molar-refractivity contribution in [3.8, 4) is 0 Å². The summed E-state index contributed by atoms with van der Waals surface area (Å²) in [5.41, 5.74) is 2.21. The van der Waals surface area contributed by atoms with Crippen LogP contribution < -0.4 is 10.2 Å². The largest absolute Gasteiger partial charge is 0.387 e. The number of nitrogens with one attached hydrogen (secondary N) is 1. The van der Waals surface area contributed by atoms with Gasteiger partial charge in [-0.25, -0.2) is 0 Å². The van der Waals surface area contributed by atoms with Gasteiger partial charge in [-0.05, 0) is 33.1 Å². The van der Waals surface area contributed by atoms with Gasteiger partial charge in [-0.3, -0.25) is 4.98 Å². The predicted molar refractivity (Wildman–Crippen MR) is 70.2 cm³/mol. The number of anilines is 2. The standard InChI is InChI=1S/C12H22N4/c1-13-11-8-12(10-14-9-11)16(4)7-5-6-15(2)3/h8-10,13H,5-7H2,1-4H3. The van der Waals surface area contributed by atoms with E-state index in [9.17, 15) is 0 Å². The van der Waals surface area contributed by atoms with Gasteiger partial charge in [0.2, 0.25) is 0 Å². The van der Waals surface area contributed by atoms with E-state index in [2.05, 4.69) is 47.3 Å². The number of rotatable bonds is 6. The lowest BCUT2D eigenvalue weighted by atomic mass is 10.3. The third-order valence-electron chi connectivity index (χ3n) is 2.55.